The number of aryl methyl sites for hydroxylation is 2. The van der Waals surface area contributed by atoms with Crippen LogP contribution in [-0.2, 0) is 5.41 Å². The molecule has 0 radical (unpaired) electrons. The van der Waals surface area contributed by atoms with Crippen molar-refractivity contribution in [1.29, 1.82) is 0 Å². The highest BCUT2D eigenvalue weighted by Gasteiger charge is 2.36. The molecule has 1 aromatic carbocycles. The lowest BCUT2D eigenvalue weighted by Crippen LogP contribution is -2.37. The zero-order valence-electron chi connectivity index (χ0n) is 13.7. The van der Waals surface area contributed by atoms with Crippen LogP contribution >= 0.6 is 0 Å². The molecular weight excluding hydrogens is 274 g/mol. The van der Waals surface area contributed by atoms with Crippen molar-refractivity contribution < 1.29 is 4.42 Å². The minimum atomic E-state index is 0.0866. The van der Waals surface area contributed by atoms with Crippen molar-refractivity contribution in [3.63, 3.8) is 0 Å². The van der Waals surface area contributed by atoms with Gasteiger partial charge in [-0.3, -0.25) is 0 Å². The van der Waals surface area contributed by atoms with E-state index in [-0.39, 0.29) is 11.5 Å². The Morgan fingerprint density at radius 3 is 2.64 bits per heavy atom. The van der Waals surface area contributed by atoms with Crippen LogP contribution in [0.3, 0.4) is 0 Å². The van der Waals surface area contributed by atoms with E-state index in [1.807, 2.05) is 6.92 Å². The average Bonchev–Trinajstić information content (AvgIpc) is 3.15. The monoisotopic (exact) mass is 299 g/mol. The maximum atomic E-state index is 5.53. The molecule has 118 valence electrons. The third-order valence-electron chi connectivity index (χ3n) is 4.85. The van der Waals surface area contributed by atoms with E-state index >= 15 is 0 Å². The maximum absolute atomic E-state index is 5.53. The van der Waals surface area contributed by atoms with Crippen molar-refractivity contribution in [3.05, 3.63) is 47.2 Å². The fourth-order valence-electron chi connectivity index (χ4n) is 3.52. The van der Waals surface area contributed by atoms with Crippen LogP contribution in [0.25, 0.3) is 0 Å². The van der Waals surface area contributed by atoms with Gasteiger partial charge in [-0.1, -0.05) is 42.7 Å². The quantitative estimate of drug-likeness (QED) is 0.911. The molecule has 1 aromatic heterocycles. The van der Waals surface area contributed by atoms with Gasteiger partial charge in [0.15, 0.2) is 0 Å². The molecule has 1 saturated carbocycles. The second kappa shape index (κ2) is 6.21. The predicted molar refractivity (Wildman–Crippen MR) is 86.8 cm³/mol. The lowest BCUT2D eigenvalue weighted by Gasteiger charge is -2.31. The lowest BCUT2D eigenvalue weighted by atomic mass is 9.78. The molecule has 0 saturated heterocycles. The number of hydrogen-bond acceptors (Lipinski definition) is 4. The number of nitrogens with one attached hydrogen (secondary N) is 1. The Hall–Kier alpha value is -1.68. The van der Waals surface area contributed by atoms with Gasteiger partial charge in [-0.25, -0.2) is 0 Å². The van der Waals surface area contributed by atoms with Gasteiger partial charge < -0.3 is 9.73 Å². The van der Waals surface area contributed by atoms with Crippen LogP contribution in [0.5, 0.6) is 0 Å². The smallest absolute Gasteiger partial charge is 0.233 e. The van der Waals surface area contributed by atoms with Crippen molar-refractivity contribution in [1.82, 2.24) is 15.5 Å². The first-order chi connectivity index (χ1) is 10.6. The molecule has 3 rings (SSSR count). The van der Waals surface area contributed by atoms with E-state index < -0.39 is 0 Å². The fraction of sp³-hybridized carbons (Fsp3) is 0.556. The van der Waals surface area contributed by atoms with Crippen LogP contribution < -0.4 is 5.32 Å². The molecule has 0 bridgehead atoms. The van der Waals surface area contributed by atoms with E-state index in [2.05, 4.69) is 53.6 Å². The first-order valence-electron chi connectivity index (χ1n) is 8.20. The van der Waals surface area contributed by atoms with Gasteiger partial charge in [0.05, 0.1) is 6.04 Å². The topological polar surface area (TPSA) is 51.0 Å². The number of rotatable bonds is 5. The van der Waals surface area contributed by atoms with Crippen LogP contribution in [0.2, 0.25) is 0 Å². The van der Waals surface area contributed by atoms with Gasteiger partial charge in [0.1, 0.15) is 0 Å². The SMILES string of the molecule is Cc1cccc(C2(CN[C@@H](C)c3nnc(C)o3)CCCC2)c1. The first kappa shape index (κ1) is 15.2. The van der Waals surface area contributed by atoms with Crippen molar-refractivity contribution in [2.24, 2.45) is 0 Å². The minimum Gasteiger partial charge on any atom is -0.424 e. The Kier molecular flexibility index (Phi) is 4.30. The molecule has 4 nitrogen and oxygen atoms in total. The van der Waals surface area contributed by atoms with Crippen molar-refractivity contribution in [2.75, 3.05) is 6.54 Å². The summed E-state index contributed by atoms with van der Waals surface area (Å²) in [4.78, 5) is 0. The number of hydrogen-bond donors (Lipinski definition) is 1. The molecule has 4 heteroatoms. The van der Waals surface area contributed by atoms with Gasteiger partial charge in [0.2, 0.25) is 11.8 Å². The first-order valence-corrected chi connectivity index (χ1v) is 8.20. The molecule has 22 heavy (non-hydrogen) atoms. The Labute approximate surface area is 132 Å². The molecule has 1 aliphatic rings. The van der Waals surface area contributed by atoms with Crippen LogP contribution in [0, 0.1) is 13.8 Å². The Morgan fingerprint density at radius 1 is 1.23 bits per heavy atom. The zero-order chi connectivity index (χ0) is 15.6. The predicted octanol–water partition coefficient (Wildman–Crippen LogP) is 3.85. The summed E-state index contributed by atoms with van der Waals surface area (Å²) in [7, 11) is 0. The largest absolute Gasteiger partial charge is 0.424 e. The van der Waals surface area contributed by atoms with Crippen LogP contribution in [0.15, 0.2) is 28.7 Å². The van der Waals surface area contributed by atoms with Gasteiger partial charge >= 0.3 is 0 Å². The maximum Gasteiger partial charge on any atom is 0.233 e. The van der Waals surface area contributed by atoms with Gasteiger partial charge in [-0.05, 0) is 32.3 Å². The third kappa shape index (κ3) is 3.07. The van der Waals surface area contributed by atoms with E-state index in [1.165, 1.54) is 36.8 Å². The minimum absolute atomic E-state index is 0.0866. The van der Waals surface area contributed by atoms with E-state index in [0.29, 0.717) is 11.8 Å². The molecule has 1 aliphatic carbocycles. The summed E-state index contributed by atoms with van der Waals surface area (Å²) in [6, 6.07) is 9.05. The number of aromatic nitrogens is 2. The third-order valence-corrected chi connectivity index (χ3v) is 4.85. The summed E-state index contributed by atoms with van der Waals surface area (Å²) in [6.07, 6.45) is 5.12. The van der Waals surface area contributed by atoms with Crippen molar-refractivity contribution in [2.45, 2.75) is 57.9 Å². The van der Waals surface area contributed by atoms with Crippen LogP contribution in [-0.4, -0.2) is 16.7 Å². The zero-order valence-corrected chi connectivity index (χ0v) is 13.7. The number of nitrogens with zero attached hydrogens (tertiary/aromatic N) is 2. The molecule has 1 fully saturated rings. The van der Waals surface area contributed by atoms with E-state index in [1.54, 1.807) is 0 Å². The van der Waals surface area contributed by atoms with Gasteiger partial charge in [-0.2, -0.15) is 0 Å². The summed E-state index contributed by atoms with van der Waals surface area (Å²) in [6.45, 7) is 7.04. The van der Waals surface area contributed by atoms with Gasteiger partial charge in [0.25, 0.3) is 0 Å². The summed E-state index contributed by atoms with van der Waals surface area (Å²) < 4.78 is 5.53. The molecule has 0 aliphatic heterocycles. The molecule has 2 aromatic rings. The van der Waals surface area contributed by atoms with E-state index in [0.717, 1.165) is 6.54 Å². The number of benzene rings is 1. The second-order valence-electron chi connectivity index (χ2n) is 6.62. The van der Waals surface area contributed by atoms with Crippen LogP contribution in [0.4, 0.5) is 0 Å². The van der Waals surface area contributed by atoms with Crippen molar-refractivity contribution in [3.8, 4) is 0 Å². The Morgan fingerprint density at radius 2 is 2.00 bits per heavy atom. The highest BCUT2D eigenvalue weighted by Crippen LogP contribution is 2.41. The van der Waals surface area contributed by atoms with Gasteiger partial charge in [0, 0.05) is 18.9 Å². The van der Waals surface area contributed by atoms with E-state index in [9.17, 15) is 0 Å². The molecule has 1 atom stereocenters. The average molecular weight is 299 g/mol. The molecule has 1 N–H and O–H groups in total. The van der Waals surface area contributed by atoms with E-state index in [4.69, 9.17) is 4.42 Å². The molecule has 0 spiro atoms. The Bertz CT molecular complexity index is 629. The molecule has 0 unspecified atom stereocenters. The Balaban J connectivity index is 1.75. The van der Waals surface area contributed by atoms with Gasteiger partial charge in [-0.15, -0.1) is 10.2 Å². The standard InChI is InChI=1S/C18H25N3O/c1-13-7-6-8-16(11-13)18(9-4-5-10-18)12-19-14(2)17-21-20-15(3)22-17/h6-8,11,14,19H,4-5,9-10,12H2,1-3H3/t14-/m0/s1. The summed E-state index contributed by atoms with van der Waals surface area (Å²) >= 11 is 0. The highest BCUT2D eigenvalue weighted by atomic mass is 16.4. The summed E-state index contributed by atoms with van der Waals surface area (Å²) in [5.74, 6) is 1.30. The normalized spacial score (nSPS) is 18.5. The summed E-state index contributed by atoms with van der Waals surface area (Å²) in [5, 5.41) is 11.7. The molecule has 0 amide bonds. The molecule has 1 heterocycles. The van der Waals surface area contributed by atoms with Crippen molar-refractivity contribution >= 4 is 0 Å². The highest BCUT2D eigenvalue weighted by molar-refractivity contribution is 5.31. The fourth-order valence-corrected chi connectivity index (χ4v) is 3.52. The molecular formula is C18H25N3O. The second-order valence-corrected chi connectivity index (χ2v) is 6.62. The lowest BCUT2D eigenvalue weighted by molar-refractivity contribution is 0.346. The summed E-state index contributed by atoms with van der Waals surface area (Å²) in [5.41, 5.74) is 3.05. The van der Waals surface area contributed by atoms with Crippen LogP contribution in [0.1, 0.15) is 61.6 Å².